The molecular formula is C24H24ClF2N7O4. The van der Waals surface area contributed by atoms with Gasteiger partial charge in [-0.15, -0.1) is 5.10 Å². The van der Waals surface area contributed by atoms with E-state index in [1.54, 1.807) is 16.8 Å². The number of likely N-dealkylation sites (tertiary alicyclic amines) is 1. The fraction of sp³-hybridized carbons (Fsp3) is 0.375. The van der Waals surface area contributed by atoms with Gasteiger partial charge in [-0.2, -0.15) is 5.10 Å². The van der Waals surface area contributed by atoms with Gasteiger partial charge in [-0.3, -0.25) is 4.98 Å². The Bertz CT molecular complexity index is 1490. The van der Waals surface area contributed by atoms with Gasteiger partial charge in [0.05, 0.1) is 29.2 Å². The summed E-state index contributed by atoms with van der Waals surface area (Å²) in [6.07, 6.45) is 3.55. The van der Waals surface area contributed by atoms with Gasteiger partial charge in [-0.05, 0) is 25.8 Å². The molecule has 11 nitrogen and oxygen atoms in total. The molecule has 200 valence electrons. The van der Waals surface area contributed by atoms with E-state index in [0.717, 1.165) is 18.0 Å². The predicted octanol–water partition coefficient (Wildman–Crippen LogP) is 4.31. The number of carboxylic acid groups (broad SMARTS) is 1. The maximum absolute atomic E-state index is 14.3. The van der Waals surface area contributed by atoms with Crippen LogP contribution < -0.4 is 4.74 Å². The number of carbonyl (C=O) groups is 1. The lowest BCUT2D eigenvalue weighted by Crippen LogP contribution is -2.38. The third-order valence-corrected chi connectivity index (χ3v) is 6.91. The molecule has 0 radical (unpaired) electrons. The second-order valence-electron chi connectivity index (χ2n) is 8.90. The first kappa shape index (κ1) is 25.8. The summed E-state index contributed by atoms with van der Waals surface area (Å²) in [5.74, 6) is -1.29. The number of amides is 1. The van der Waals surface area contributed by atoms with Crippen molar-refractivity contribution in [3.8, 4) is 17.0 Å². The lowest BCUT2D eigenvalue weighted by atomic mass is 10.0. The van der Waals surface area contributed by atoms with E-state index in [1.165, 1.54) is 18.2 Å². The Balaban J connectivity index is 1.43. The topological polar surface area (TPSA) is 120 Å². The highest BCUT2D eigenvalue weighted by Crippen LogP contribution is 2.34. The molecule has 1 saturated heterocycles. The molecule has 1 N–H and O–H groups in total. The standard InChI is InChI=1S/C24H24ClF2N7O4/c1-13-21(30-31-34(13)16-3-5-32(6-4-16)24(35)36)14-7-19(23-17(25)10-29-33(23)11-14)38-12-20(37-2)22-18(27)8-15(26)9-28-22/h7-11,16,20H,3-6,12H2,1-2H3,(H,35,36). The molecule has 5 rings (SSSR count). The summed E-state index contributed by atoms with van der Waals surface area (Å²) in [6, 6.07) is 2.49. The monoisotopic (exact) mass is 547 g/mol. The first-order valence-corrected chi connectivity index (χ1v) is 12.2. The van der Waals surface area contributed by atoms with E-state index < -0.39 is 23.8 Å². The number of hydrogen-bond acceptors (Lipinski definition) is 7. The van der Waals surface area contributed by atoms with Gasteiger partial charge < -0.3 is 19.5 Å². The van der Waals surface area contributed by atoms with Crippen LogP contribution in [0.4, 0.5) is 13.6 Å². The van der Waals surface area contributed by atoms with Crippen LogP contribution in [0.25, 0.3) is 16.8 Å². The van der Waals surface area contributed by atoms with E-state index in [1.807, 2.05) is 11.6 Å². The fourth-order valence-electron chi connectivity index (χ4n) is 4.63. The largest absolute Gasteiger partial charge is 0.488 e. The van der Waals surface area contributed by atoms with Crippen molar-refractivity contribution in [2.24, 2.45) is 0 Å². The van der Waals surface area contributed by atoms with E-state index >= 15 is 0 Å². The summed E-state index contributed by atoms with van der Waals surface area (Å²) < 4.78 is 42.4. The Morgan fingerprint density at radius 3 is 2.71 bits per heavy atom. The Morgan fingerprint density at radius 2 is 2.03 bits per heavy atom. The van der Waals surface area contributed by atoms with Gasteiger partial charge in [0, 0.05) is 38.0 Å². The smallest absolute Gasteiger partial charge is 0.407 e. The maximum Gasteiger partial charge on any atom is 0.407 e. The molecular weight excluding hydrogens is 524 g/mol. The van der Waals surface area contributed by atoms with Crippen LogP contribution >= 0.6 is 11.6 Å². The van der Waals surface area contributed by atoms with Crippen LogP contribution in [0.1, 0.15) is 36.4 Å². The van der Waals surface area contributed by atoms with Gasteiger partial charge >= 0.3 is 6.09 Å². The van der Waals surface area contributed by atoms with Gasteiger partial charge in [0.15, 0.2) is 0 Å². The molecule has 5 heterocycles. The normalized spacial score (nSPS) is 15.2. The van der Waals surface area contributed by atoms with Crippen LogP contribution in [0.3, 0.4) is 0 Å². The minimum Gasteiger partial charge on any atom is -0.488 e. The van der Waals surface area contributed by atoms with Crippen molar-refractivity contribution < 1.29 is 28.2 Å². The lowest BCUT2D eigenvalue weighted by Gasteiger charge is -2.30. The number of fused-ring (bicyclic) bond motifs is 1. The van der Waals surface area contributed by atoms with Crippen molar-refractivity contribution in [3.63, 3.8) is 0 Å². The van der Waals surface area contributed by atoms with Crippen LogP contribution in [0, 0.1) is 18.6 Å². The third-order valence-electron chi connectivity index (χ3n) is 6.63. The van der Waals surface area contributed by atoms with Gasteiger partial charge in [0.1, 0.15) is 47.0 Å². The van der Waals surface area contributed by atoms with Gasteiger partial charge in [0.2, 0.25) is 0 Å². The predicted molar refractivity (Wildman–Crippen MR) is 131 cm³/mol. The van der Waals surface area contributed by atoms with Crippen LogP contribution in [0.5, 0.6) is 5.75 Å². The molecule has 1 amide bonds. The second-order valence-corrected chi connectivity index (χ2v) is 9.31. The average molecular weight is 548 g/mol. The molecule has 1 unspecified atom stereocenters. The molecule has 1 aliphatic heterocycles. The number of ether oxygens (including phenoxy) is 2. The highest BCUT2D eigenvalue weighted by Gasteiger charge is 2.27. The van der Waals surface area contributed by atoms with Gasteiger partial charge in [-0.25, -0.2) is 22.8 Å². The number of hydrogen-bond donors (Lipinski definition) is 1. The third kappa shape index (κ3) is 4.86. The summed E-state index contributed by atoms with van der Waals surface area (Å²) in [7, 11) is 1.37. The SMILES string of the molecule is COC(COc1cc(-c2nnn(C3CCN(C(=O)O)CC3)c2C)cn2ncc(Cl)c12)c1ncc(F)cc1F. The van der Waals surface area contributed by atoms with Crippen LogP contribution in [-0.4, -0.2) is 72.5 Å². The summed E-state index contributed by atoms with van der Waals surface area (Å²) >= 11 is 6.37. The molecule has 0 aromatic carbocycles. The lowest BCUT2D eigenvalue weighted by molar-refractivity contribution is 0.0520. The van der Waals surface area contributed by atoms with Crippen molar-refractivity contribution in [3.05, 3.63) is 58.8 Å². The Morgan fingerprint density at radius 1 is 1.26 bits per heavy atom. The van der Waals surface area contributed by atoms with Crippen molar-refractivity contribution >= 4 is 23.2 Å². The van der Waals surface area contributed by atoms with E-state index in [-0.39, 0.29) is 18.3 Å². The molecule has 4 aromatic heterocycles. The number of aromatic nitrogens is 6. The first-order chi connectivity index (χ1) is 18.3. The molecule has 0 saturated carbocycles. The van der Waals surface area contributed by atoms with Gasteiger partial charge in [0.25, 0.3) is 0 Å². The minimum atomic E-state index is -0.924. The van der Waals surface area contributed by atoms with Crippen molar-refractivity contribution in [1.29, 1.82) is 0 Å². The summed E-state index contributed by atoms with van der Waals surface area (Å²) in [5.41, 5.74) is 2.45. The van der Waals surface area contributed by atoms with E-state index in [2.05, 4.69) is 20.4 Å². The average Bonchev–Trinajstić information content (AvgIpc) is 3.47. The van der Waals surface area contributed by atoms with Crippen LogP contribution in [-0.2, 0) is 4.74 Å². The Kier molecular flexibility index (Phi) is 7.13. The summed E-state index contributed by atoms with van der Waals surface area (Å²) in [4.78, 5) is 16.4. The zero-order chi connectivity index (χ0) is 27.0. The molecule has 14 heteroatoms. The van der Waals surface area contributed by atoms with Crippen LogP contribution in [0.2, 0.25) is 5.02 Å². The quantitative estimate of drug-likeness (QED) is 0.363. The van der Waals surface area contributed by atoms with Crippen molar-refractivity contribution in [2.45, 2.75) is 31.9 Å². The number of piperidine rings is 1. The van der Waals surface area contributed by atoms with Gasteiger partial charge in [-0.1, -0.05) is 16.8 Å². The molecule has 0 aliphatic carbocycles. The number of nitrogens with zero attached hydrogens (tertiary/aromatic N) is 7. The van der Waals surface area contributed by atoms with E-state index in [0.29, 0.717) is 53.5 Å². The maximum atomic E-state index is 14.3. The molecule has 1 fully saturated rings. The van der Waals surface area contributed by atoms with E-state index in [4.69, 9.17) is 21.1 Å². The van der Waals surface area contributed by atoms with Crippen molar-refractivity contribution in [1.82, 2.24) is 34.5 Å². The zero-order valence-corrected chi connectivity index (χ0v) is 21.3. The summed E-state index contributed by atoms with van der Waals surface area (Å²) in [6.45, 7) is 2.60. The Labute approximate surface area is 220 Å². The minimum absolute atomic E-state index is 0.0195. The first-order valence-electron chi connectivity index (χ1n) is 11.8. The molecule has 1 atom stereocenters. The fourth-order valence-corrected chi connectivity index (χ4v) is 4.85. The second kappa shape index (κ2) is 10.5. The summed E-state index contributed by atoms with van der Waals surface area (Å²) in [5, 5.41) is 22.6. The number of rotatable bonds is 7. The number of pyridine rings is 2. The van der Waals surface area contributed by atoms with Crippen LogP contribution in [0.15, 0.2) is 30.7 Å². The van der Waals surface area contributed by atoms with Crippen molar-refractivity contribution in [2.75, 3.05) is 26.8 Å². The Hall–Kier alpha value is -3.84. The number of methoxy groups -OCH3 is 1. The molecule has 0 bridgehead atoms. The van der Waals surface area contributed by atoms with E-state index in [9.17, 15) is 18.7 Å². The molecule has 38 heavy (non-hydrogen) atoms. The number of halogens is 3. The zero-order valence-electron chi connectivity index (χ0n) is 20.5. The highest BCUT2D eigenvalue weighted by molar-refractivity contribution is 6.34. The highest BCUT2D eigenvalue weighted by atomic mass is 35.5. The molecule has 0 spiro atoms. The molecule has 1 aliphatic rings. The molecule has 4 aromatic rings.